The number of amides is 1. The second kappa shape index (κ2) is 5.92. The van der Waals surface area contributed by atoms with Crippen LogP contribution in [0.1, 0.15) is 22.8 Å². The Hall–Kier alpha value is -1.76. The van der Waals surface area contributed by atoms with E-state index in [-0.39, 0.29) is 11.3 Å². The average molecular weight is 275 g/mol. The molecule has 1 aromatic rings. The summed E-state index contributed by atoms with van der Waals surface area (Å²) in [5.41, 5.74) is 1.48. The molecule has 1 amide bonds. The van der Waals surface area contributed by atoms with Gasteiger partial charge < -0.3 is 5.32 Å². The first-order valence-corrected chi connectivity index (χ1v) is 5.69. The fraction of sp³-hybridized carbons (Fsp3) is 0.417. The van der Waals surface area contributed by atoms with Crippen molar-refractivity contribution >= 4 is 11.6 Å². The molecular formula is C12H16F3N3O. The fourth-order valence-electron chi connectivity index (χ4n) is 1.53. The molecule has 1 rings (SSSR count). The van der Waals surface area contributed by atoms with Gasteiger partial charge in [-0.2, -0.15) is 13.2 Å². The van der Waals surface area contributed by atoms with E-state index in [2.05, 4.69) is 10.7 Å². The molecule has 0 radical (unpaired) electrons. The van der Waals surface area contributed by atoms with Gasteiger partial charge in [0.25, 0.3) is 5.91 Å². The number of hydrazine groups is 1. The quantitative estimate of drug-likeness (QED) is 0.829. The van der Waals surface area contributed by atoms with Gasteiger partial charge >= 0.3 is 6.18 Å². The number of nitrogens with zero attached hydrogens (tertiary/aromatic N) is 1. The smallest absolute Gasteiger partial charge is 0.385 e. The zero-order valence-corrected chi connectivity index (χ0v) is 10.9. The summed E-state index contributed by atoms with van der Waals surface area (Å²) in [6, 6.07) is 3.46. The molecule has 1 aromatic carbocycles. The fourth-order valence-corrected chi connectivity index (χ4v) is 1.53. The maximum absolute atomic E-state index is 12.9. The molecule has 0 fully saturated rings. The third-order valence-electron chi connectivity index (χ3n) is 2.28. The number of benzene rings is 1. The molecule has 2 N–H and O–H groups in total. The minimum Gasteiger partial charge on any atom is -0.385 e. The number of rotatable bonds is 4. The molecule has 0 bridgehead atoms. The second-order valence-corrected chi connectivity index (χ2v) is 4.12. The van der Waals surface area contributed by atoms with Crippen LogP contribution < -0.4 is 10.7 Å². The van der Waals surface area contributed by atoms with Crippen LogP contribution in [0, 0.1) is 0 Å². The van der Waals surface area contributed by atoms with E-state index in [4.69, 9.17) is 0 Å². The summed E-state index contributed by atoms with van der Waals surface area (Å²) in [4.78, 5) is 11.7. The second-order valence-electron chi connectivity index (χ2n) is 4.12. The molecule has 19 heavy (non-hydrogen) atoms. The Morgan fingerprint density at radius 2 is 1.95 bits per heavy atom. The van der Waals surface area contributed by atoms with E-state index in [1.54, 1.807) is 21.0 Å². The summed E-state index contributed by atoms with van der Waals surface area (Å²) in [5.74, 6) is -0.585. The maximum atomic E-state index is 12.9. The summed E-state index contributed by atoms with van der Waals surface area (Å²) in [6.07, 6.45) is -4.51. The minimum atomic E-state index is -4.51. The summed E-state index contributed by atoms with van der Waals surface area (Å²) in [5, 5.41) is 4.00. The van der Waals surface area contributed by atoms with Crippen molar-refractivity contribution in [2.75, 3.05) is 26.0 Å². The van der Waals surface area contributed by atoms with Crippen molar-refractivity contribution in [1.82, 2.24) is 10.4 Å². The lowest BCUT2D eigenvalue weighted by atomic mass is 10.1. The third-order valence-corrected chi connectivity index (χ3v) is 2.28. The van der Waals surface area contributed by atoms with E-state index in [1.807, 2.05) is 0 Å². The average Bonchev–Trinajstić information content (AvgIpc) is 2.27. The number of hydrogen-bond acceptors (Lipinski definition) is 3. The maximum Gasteiger partial charge on any atom is 0.418 e. The predicted molar refractivity (Wildman–Crippen MR) is 66.8 cm³/mol. The van der Waals surface area contributed by atoms with Crippen LogP contribution in [-0.4, -0.2) is 31.6 Å². The van der Waals surface area contributed by atoms with Gasteiger partial charge in [0.2, 0.25) is 0 Å². The Bertz CT molecular complexity index is 458. The van der Waals surface area contributed by atoms with Gasteiger partial charge in [-0.25, -0.2) is 5.01 Å². The zero-order valence-electron chi connectivity index (χ0n) is 10.9. The number of nitrogens with one attached hydrogen (secondary N) is 2. The highest BCUT2D eigenvalue weighted by Gasteiger charge is 2.34. The van der Waals surface area contributed by atoms with Gasteiger partial charge in [-0.05, 0) is 25.1 Å². The third kappa shape index (κ3) is 4.13. The minimum absolute atomic E-state index is 0.0311. The Balaban J connectivity index is 3.15. The first kappa shape index (κ1) is 15.3. The van der Waals surface area contributed by atoms with Crippen LogP contribution in [0.2, 0.25) is 0 Å². The number of carbonyl (C=O) groups is 1. The molecular weight excluding hydrogens is 259 g/mol. The molecule has 7 heteroatoms. The highest BCUT2D eigenvalue weighted by molar-refractivity contribution is 5.94. The molecule has 0 aliphatic carbocycles. The van der Waals surface area contributed by atoms with E-state index in [1.165, 1.54) is 17.1 Å². The predicted octanol–water partition coefficient (Wildman–Crippen LogP) is 2.34. The van der Waals surface area contributed by atoms with Crippen molar-refractivity contribution < 1.29 is 18.0 Å². The van der Waals surface area contributed by atoms with Gasteiger partial charge in [0.15, 0.2) is 0 Å². The molecule has 0 saturated heterocycles. The Kier molecular flexibility index (Phi) is 4.77. The van der Waals surface area contributed by atoms with Crippen LogP contribution in [0.4, 0.5) is 18.9 Å². The standard InChI is InChI=1S/C12H16F3N3O/c1-4-16-10-6-5-8(11(19)17-18(2)3)7-9(10)12(13,14)15/h5-7,16H,4H2,1-3H3,(H,17,19). The number of alkyl halides is 3. The van der Waals surface area contributed by atoms with E-state index in [9.17, 15) is 18.0 Å². The number of carbonyl (C=O) groups excluding carboxylic acids is 1. The van der Waals surface area contributed by atoms with Gasteiger partial charge in [0.05, 0.1) is 5.56 Å². The van der Waals surface area contributed by atoms with Gasteiger partial charge in [-0.15, -0.1) is 0 Å². The van der Waals surface area contributed by atoms with Crippen molar-refractivity contribution in [2.24, 2.45) is 0 Å². The molecule has 0 aromatic heterocycles. The van der Waals surface area contributed by atoms with E-state index >= 15 is 0 Å². The molecule has 0 saturated carbocycles. The summed E-state index contributed by atoms with van der Waals surface area (Å²) < 4.78 is 38.7. The van der Waals surface area contributed by atoms with Crippen molar-refractivity contribution in [1.29, 1.82) is 0 Å². The highest BCUT2D eigenvalue weighted by atomic mass is 19.4. The van der Waals surface area contributed by atoms with E-state index < -0.39 is 17.6 Å². The molecule has 0 aliphatic rings. The summed E-state index contributed by atoms with van der Waals surface area (Å²) >= 11 is 0. The van der Waals surface area contributed by atoms with Crippen molar-refractivity contribution in [3.8, 4) is 0 Å². The molecule has 0 aliphatic heterocycles. The van der Waals surface area contributed by atoms with Gasteiger partial charge in [0, 0.05) is 31.9 Å². The molecule has 0 spiro atoms. The SMILES string of the molecule is CCNc1ccc(C(=O)NN(C)C)cc1C(F)(F)F. The van der Waals surface area contributed by atoms with Crippen molar-refractivity contribution in [2.45, 2.75) is 13.1 Å². The van der Waals surface area contributed by atoms with Crippen LogP contribution in [0.3, 0.4) is 0 Å². The van der Waals surface area contributed by atoms with Crippen molar-refractivity contribution in [3.63, 3.8) is 0 Å². The number of halogens is 3. The van der Waals surface area contributed by atoms with Crippen molar-refractivity contribution in [3.05, 3.63) is 29.3 Å². The summed E-state index contributed by atoms with van der Waals surface area (Å²) in [7, 11) is 3.16. The van der Waals surface area contributed by atoms with Gasteiger partial charge in [0.1, 0.15) is 0 Å². The van der Waals surface area contributed by atoms with E-state index in [0.717, 1.165) is 6.07 Å². The monoisotopic (exact) mass is 275 g/mol. The first-order valence-electron chi connectivity index (χ1n) is 5.69. The zero-order chi connectivity index (χ0) is 14.6. The van der Waals surface area contributed by atoms with Crippen LogP contribution in [-0.2, 0) is 6.18 Å². The lowest BCUT2D eigenvalue weighted by Gasteiger charge is -2.16. The van der Waals surface area contributed by atoms with E-state index in [0.29, 0.717) is 6.54 Å². The van der Waals surface area contributed by atoms with Crippen LogP contribution >= 0.6 is 0 Å². The topological polar surface area (TPSA) is 44.4 Å². The van der Waals surface area contributed by atoms with Crippen LogP contribution in [0.25, 0.3) is 0 Å². The molecule has 106 valence electrons. The number of anilines is 1. The number of hydrogen-bond donors (Lipinski definition) is 2. The van der Waals surface area contributed by atoms with Crippen LogP contribution in [0.15, 0.2) is 18.2 Å². The Labute approximate surface area is 109 Å². The molecule has 0 heterocycles. The lowest BCUT2D eigenvalue weighted by Crippen LogP contribution is -2.36. The lowest BCUT2D eigenvalue weighted by molar-refractivity contribution is -0.137. The molecule has 4 nitrogen and oxygen atoms in total. The Morgan fingerprint density at radius 1 is 1.32 bits per heavy atom. The van der Waals surface area contributed by atoms with Gasteiger partial charge in [-0.1, -0.05) is 0 Å². The molecule has 0 atom stereocenters. The Morgan fingerprint density at radius 3 is 2.42 bits per heavy atom. The summed E-state index contributed by atoms with van der Waals surface area (Å²) in [6.45, 7) is 2.07. The van der Waals surface area contributed by atoms with Crippen LogP contribution in [0.5, 0.6) is 0 Å². The largest absolute Gasteiger partial charge is 0.418 e. The molecule has 0 unspecified atom stereocenters. The highest BCUT2D eigenvalue weighted by Crippen LogP contribution is 2.35. The van der Waals surface area contributed by atoms with Gasteiger partial charge in [-0.3, -0.25) is 10.2 Å². The first-order chi connectivity index (χ1) is 8.75. The normalized spacial score (nSPS) is 11.5.